The van der Waals surface area contributed by atoms with Gasteiger partial charge in [-0.15, -0.1) is 0 Å². The Morgan fingerprint density at radius 1 is 0.529 bits per heavy atom. The molecular formula is C52H49Br4Cl3O10S. The highest BCUT2D eigenvalue weighted by Crippen LogP contribution is 2.35. The topological polar surface area (TPSA) is 149 Å². The molecule has 7 rings (SSSR count). The fourth-order valence-electron chi connectivity index (χ4n) is 5.86. The fourth-order valence-corrected chi connectivity index (χ4v) is 7.86. The Morgan fingerprint density at radius 3 is 1.36 bits per heavy atom. The molecule has 2 atom stereocenters. The van der Waals surface area contributed by atoms with Crippen molar-refractivity contribution in [2.45, 2.75) is 39.6 Å². The maximum atomic E-state index is 10.4. The van der Waals surface area contributed by atoms with E-state index in [-0.39, 0.29) is 6.10 Å². The van der Waals surface area contributed by atoms with Gasteiger partial charge in [0.15, 0.2) is 6.29 Å². The van der Waals surface area contributed by atoms with Crippen molar-refractivity contribution in [3.8, 4) is 17.2 Å². The molecule has 2 unspecified atom stereocenters. The predicted octanol–water partition coefficient (Wildman–Crippen LogP) is 16.5. The molecule has 0 amide bonds. The number of halogens is 7. The lowest BCUT2D eigenvalue weighted by molar-refractivity contribution is 0.0667. The zero-order chi connectivity index (χ0) is 51.6. The van der Waals surface area contributed by atoms with Crippen LogP contribution >= 0.6 is 98.5 Å². The lowest BCUT2D eigenvalue weighted by Gasteiger charge is -2.21. The van der Waals surface area contributed by atoms with Crippen molar-refractivity contribution >= 4 is 115 Å². The Balaban J connectivity index is 0.000000256. The van der Waals surface area contributed by atoms with Crippen LogP contribution in [0.25, 0.3) is 0 Å². The summed E-state index contributed by atoms with van der Waals surface area (Å²) in [5, 5.41) is 12.1. The highest BCUT2D eigenvalue weighted by Gasteiger charge is 2.19. The van der Waals surface area contributed by atoms with Gasteiger partial charge in [-0.2, -0.15) is 8.42 Å². The van der Waals surface area contributed by atoms with Gasteiger partial charge in [0.2, 0.25) is 0 Å². The van der Waals surface area contributed by atoms with Gasteiger partial charge >= 0.3 is 10.4 Å². The number of hydrogen-bond acceptors (Lipinski definition) is 8. The fraction of sp³-hybridized carbons (Fsp3) is 0.173. The number of aldehydes is 1. The summed E-state index contributed by atoms with van der Waals surface area (Å²) in [6.07, 6.45) is -0.288. The number of ether oxygens (including phenoxy) is 4. The van der Waals surface area contributed by atoms with E-state index < -0.39 is 16.5 Å². The lowest BCUT2D eigenvalue weighted by Crippen LogP contribution is -2.07. The van der Waals surface area contributed by atoms with Crippen LogP contribution in [0.2, 0.25) is 15.1 Å². The molecule has 0 saturated heterocycles. The number of rotatable bonds is 14. The first-order valence-electron chi connectivity index (χ1n) is 21.0. The maximum absolute atomic E-state index is 10.4. The van der Waals surface area contributed by atoms with E-state index in [0.717, 1.165) is 70.3 Å². The second-order valence-electron chi connectivity index (χ2n) is 14.0. The molecule has 7 aromatic carbocycles. The Morgan fingerprint density at radius 2 is 0.914 bits per heavy atom. The van der Waals surface area contributed by atoms with Crippen molar-refractivity contribution in [1.82, 2.24) is 0 Å². The van der Waals surface area contributed by atoms with E-state index in [1.54, 1.807) is 24.3 Å². The molecule has 372 valence electrons. The third kappa shape index (κ3) is 23.2. The molecule has 10 nitrogen and oxygen atoms in total. The summed E-state index contributed by atoms with van der Waals surface area (Å²) in [5.74, 6) is 2.56. The van der Waals surface area contributed by atoms with E-state index in [4.69, 9.17) is 71.3 Å². The van der Waals surface area contributed by atoms with Crippen molar-refractivity contribution in [1.29, 1.82) is 0 Å². The number of hydrogen-bond donors (Lipinski definition) is 3. The number of carbonyl (C=O) groups excluding carboxylic acids is 1. The molecule has 0 fully saturated rings. The Hall–Kier alpha value is -3.81. The first-order chi connectivity index (χ1) is 33.3. The number of benzene rings is 7. The molecule has 0 spiro atoms. The van der Waals surface area contributed by atoms with Gasteiger partial charge in [0.1, 0.15) is 29.5 Å². The summed E-state index contributed by atoms with van der Waals surface area (Å²) in [5.41, 5.74) is 5.06. The monoisotopic (exact) mass is 1290 g/mol. The molecule has 0 aliphatic rings. The van der Waals surface area contributed by atoms with Gasteiger partial charge < -0.3 is 24.1 Å². The quantitative estimate of drug-likeness (QED) is 0.0710. The van der Waals surface area contributed by atoms with Crippen LogP contribution in [0.1, 0.15) is 71.2 Å². The van der Waals surface area contributed by atoms with Gasteiger partial charge in [-0.25, -0.2) is 0 Å². The molecule has 0 aromatic heterocycles. The van der Waals surface area contributed by atoms with Crippen LogP contribution in [0, 0.1) is 0 Å². The molecule has 0 aliphatic heterocycles. The van der Waals surface area contributed by atoms with E-state index in [1.165, 1.54) is 0 Å². The van der Waals surface area contributed by atoms with E-state index in [1.807, 2.05) is 142 Å². The number of aliphatic hydroxyl groups excluding tert-OH is 1. The first kappa shape index (κ1) is 60.5. The van der Waals surface area contributed by atoms with Crippen molar-refractivity contribution < 1.29 is 46.4 Å². The second kappa shape index (κ2) is 32.3. The van der Waals surface area contributed by atoms with Crippen molar-refractivity contribution in [2.24, 2.45) is 0 Å². The molecule has 0 saturated carbocycles. The van der Waals surface area contributed by atoms with Crippen LogP contribution in [0.15, 0.2) is 176 Å². The van der Waals surface area contributed by atoms with Gasteiger partial charge in [0.25, 0.3) is 0 Å². The highest BCUT2D eigenvalue weighted by atomic mass is 79.9. The van der Waals surface area contributed by atoms with Gasteiger partial charge in [-0.1, -0.05) is 153 Å². The summed E-state index contributed by atoms with van der Waals surface area (Å²) in [4.78, 5) is 10.3. The molecule has 7 aromatic rings. The smallest absolute Gasteiger partial charge is 0.394 e. The Labute approximate surface area is 458 Å². The summed E-state index contributed by atoms with van der Waals surface area (Å²) in [7, 11) is -4.67. The molecule has 0 aliphatic carbocycles. The number of aliphatic hydroxyl groups is 1. The Kier molecular flexibility index (Phi) is 27.9. The maximum Gasteiger partial charge on any atom is 0.394 e. The largest absolute Gasteiger partial charge is 0.494 e. The second-order valence-corrected chi connectivity index (χ2v) is 19.8. The van der Waals surface area contributed by atoms with Crippen LogP contribution in [-0.2, 0) is 21.7 Å². The molecule has 0 heterocycles. The third-order valence-electron chi connectivity index (χ3n) is 8.96. The normalized spacial score (nSPS) is 11.3. The van der Waals surface area contributed by atoms with Crippen molar-refractivity contribution in [3.05, 3.63) is 224 Å². The van der Waals surface area contributed by atoms with Crippen LogP contribution in [-0.4, -0.2) is 48.7 Å². The van der Waals surface area contributed by atoms with Crippen molar-refractivity contribution in [3.63, 3.8) is 0 Å². The average molecular weight is 1290 g/mol. The molecular weight excluding hydrogens is 1240 g/mol. The van der Waals surface area contributed by atoms with Gasteiger partial charge in [0.05, 0.1) is 31.5 Å². The molecule has 0 radical (unpaired) electrons. The summed E-state index contributed by atoms with van der Waals surface area (Å²) in [6, 6.07) is 49.7. The van der Waals surface area contributed by atoms with E-state index in [9.17, 15) is 9.90 Å². The van der Waals surface area contributed by atoms with Crippen molar-refractivity contribution in [2.75, 3.05) is 19.8 Å². The van der Waals surface area contributed by atoms with E-state index in [0.29, 0.717) is 46.0 Å². The predicted molar refractivity (Wildman–Crippen MR) is 295 cm³/mol. The zero-order valence-corrected chi connectivity index (χ0v) is 47.3. The van der Waals surface area contributed by atoms with Crippen LogP contribution in [0.4, 0.5) is 0 Å². The molecule has 18 heteroatoms. The average Bonchev–Trinajstić information content (AvgIpc) is 3.33. The molecule has 3 N–H and O–H groups in total. The molecule has 70 heavy (non-hydrogen) atoms. The lowest BCUT2D eigenvalue weighted by atomic mass is 10.0. The van der Waals surface area contributed by atoms with Gasteiger partial charge in [0, 0.05) is 44.6 Å². The number of carbonyl (C=O) groups is 1. The summed E-state index contributed by atoms with van der Waals surface area (Å²) in [6.45, 7) is 8.38. The minimum Gasteiger partial charge on any atom is -0.494 e. The minimum atomic E-state index is -4.67. The van der Waals surface area contributed by atoms with Gasteiger partial charge in [-0.3, -0.25) is 13.9 Å². The summed E-state index contributed by atoms with van der Waals surface area (Å²) >= 11 is 31.7. The highest BCUT2D eigenvalue weighted by molar-refractivity contribution is 9.11. The van der Waals surface area contributed by atoms with Gasteiger partial charge in [-0.05, 0) is 141 Å². The third-order valence-corrected chi connectivity index (χ3v) is 12.0. The minimum absolute atomic E-state index is 0.268. The Bertz CT molecular complexity index is 2750. The SMILES string of the molecule is CCOc1ccc(Br)cc1.CCOc1ccc(C(O)c2cc(Br)ccc2Cl)cc1.CCOc1ccc(C(OCc2ccccc2)c2cc(Br)ccc2Cl)cc1.O=Cc1cc(Br)ccc1Cl.O=S(=O)(O)O. The first-order valence-corrected chi connectivity index (χ1v) is 26.7. The standard InChI is InChI=1S/C22H20BrClO2.C15H14BrClO2.C8H9BrO.C7H4BrClO.H2O4S/c1-2-25-19-11-8-17(9-12-19)22(20-14-18(23)10-13-21(20)24)26-15-16-6-4-3-5-7-16;1-2-19-12-6-3-10(4-7-12)15(18)13-9-11(16)5-8-14(13)17;1-2-10-8-5-3-7(9)4-6-8;8-6-1-2-7(9)5(3-6)4-10;1-5(2,3)4/h3-14,22H,2,15H2,1H3;3-9,15,18H,2H2,1H3;3-6H,2H2,1H3;1-4H;(H2,1,2,3,4). The van der Waals surface area contributed by atoms with Crippen LogP contribution in [0.3, 0.4) is 0 Å². The van der Waals surface area contributed by atoms with Crippen LogP contribution < -0.4 is 14.2 Å². The van der Waals surface area contributed by atoms with E-state index >= 15 is 0 Å². The van der Waals surface area contributed by atoms with Crippen LogP contribution in [0.5, 0.6) is 17.2 Å². The summed E-state index contributed by atoms with van der Waals surface area (Å²) < 4.78 is 57.8. The zero-order valence-electron chi connectivity index (χ0n) is 37.8. The molecule has 0 bridgehead atoms. The van der Waals surface area contributed by atoms with E-state index in [2.05, 4.69) is 75.9 Å².